The quantitative estimate of drug-likeness (QED) is 0.537. The summed E-state index contributed by atoms with van der Waals surface area (Å²) in [5, 5.41) is 10.2. The summed E-state index contributed by atoms with van der Waals surface area (Å²) in [6.45, 7) is 1.34. The zero-order valence-corrected chi connectivity index (χ0v) is 20.9. The predicted octanol–water partition coefficient (Wildman–Crippen LogP) is 4.70. The third-order valence-corrected chi connectivity index (χ3v) is 7.82. The molecule has 2 aromatic carbocycles. The number of hydrogen-bond acceptors (Lipinski definition) is 5. The van der Waals surface area contributed by atoms with Crippen LogP contribution in [0, 0.1) is 0 Å². The Labute approximate surface area is 210 Å². The highest BCUT2D eigenvalue weighted by Crippen LogP contribution is 2.38. The van der Waals surface area contributed by atoms with Gasteiger partial charge in [-0.15, -0.1) is 0 Å². The van der Waals surface area contributed by atoms with E-state index in [2.05, 4.69) is 16.7 Å². The largest absolute Gasteiger partial charge is 0.481 e. The lowest BCUT2D eigenvalue weighted by atomic mass is 9.86. The van der Waals surface area contributed by atoms with E-state index in [9.17, 15) is 14.7 Å². The van der Waals surface area contributed by atoms with Crippen LogP contribution >= 0.6 is 0 Å². The van der Waals surface area contributed by atoms with E-state index in [1.54, 1.807) is 12.0 Å². The first-order valence-electron chi connectivity index (χ1n) is 12.6. The molecule has 0 spiro atoms. The molecule has 1 fully saturated rings. The third-order valence-electron chi connectivity index (χ3n) is 7.82. The summed E-state index contributed by atoms with van der Waals surface area (Å²) >= 11 is 0. The molecule has 0 saturated heterocycles. The fourth-order valence-electron chi connectivity index (χ4n) is 5.78. The molecule has 1 aliphatic carbocycles. The number of benzene rings is 2. The summed E-state index contributed by atoms with van der Waals surface area (Å²) in [6.07, 6.45) is 4.47. The molecule has 36 heavy (non-hydrogen) atoms. The lowest BCUT2D eigenvalue weighted by molar-refractivity contribution is -0.139. The van der Waals surface area contributed by atoms with Crippen molar-refractivity contribution in [1.82, 2.24) is 14.5 Å². The molecule has 1 saturated carbocycles. The van der Waals surface area contributed by atoms with Gasteiger partial charge in [-0.1, -0.05) is 36.4 Å². The van der Waals surface area contributed by atoms with Crippen molar-refractivity contribution in [3.63, 3.8) is 0 Å². The van der Waals surface area contributed by atoms with Gasteiger partial charge in [0.15, 0.2) is 0 Å². The first kappa shape index (κ1) is 24.3. The van der Waals surface area contributed by atoms with E-state index in [0.29, 0.717) is 19.6 Å². The minimum Gasteiger partial charge on any atom is -0.481 e. The number of carboxylic acids is 1. The van der Waals surface area contributed by atoms with Gasteiger partial charge < -0.3 is 24.0 Å². The molecule has 190 valence electrons. The fourth-order valence-corrected chi connectivity index (χ4v) is 5.78. The molecule has 8 nitrogen and oxygen atoms in total. The molecular weight excluding hydrogens is 458 g/mol. The number of carbonyl (C=O) groups excluding carboxylic acids is 1. The SMILES string of the molecule is COC(=O)N1CCc2ccc3c(nc([C@H]4CC[C@H](OC)CC4)n3C[C@@H](C(=O)O)c3ccccc3)c2C1. The highest BCUT2D eigenvalue weighted by molar-refractivity contribution is 5.83. The minimum atomic E-state index is -0.855. The van der Waals surface area contributed by atoms with Crippen LogP contribution in [0.3, 0.4) is 0 Å². The maximum atomic E-state index is 12.4. The maximum Gasteiger partial charge on any atom is 0.409 e. The summed E-state index contributed by atoms with van der Waals surface area (Å²) in [6, 6.07) is 13.6. The summed E-state index contributed by atoms with van der Waals surface area (Å²) in [4.78, 5) is 31.6. The number of nitrogens with zero attached hydrogens (tertiary/aromatic N) is 3. The number of methoxy groups -OCH3 is 2. The van der Waals surface area contributed by atoms with E-state index in [0.717, 1.165) is 60.1 Å². The molecular formula is C28H33N3O5. The molecule has 1 N–H and O–H groups in total. The molecule has 0 unspecified atom stereocenters. The Morgan fingerprint density at radius 1 is 1.08 bits per heavy atom. The van der Waals surface area contributed by atoms with E-state index in [1.165, 1.54) is 12.7 Å². The Hall–Kier alpha value is -3.39. The normalized spacial score (nSPS) is 20.7. The second kappa shape index (κ2) is 10.3. The van der Waals surface area contributed by atoms with E-state index in [4.69, 9.17) is 14.5 Å². The van der Waals surface area contributed by atoms with E-state index in [1.807, 2.05) is 30.3 Å². The van der Waals surface area contributed by atoms with Crippen LogP contribution in [0.4, 0.5) is 4.79 Å². The molecule has 1 atom stereocenters. The van der Waals surface area contributed by atoms with Crippen molar-refractivity contribution in [1.29, 1.82) is 0 Å². The monoisotopic (exact) mass is 491 g/mol. The van der Waals surface area contributed by atoms with Gasteiger partial charge in [0.05, 0.1) is 36.7 Å². The van der Waals surface area contributed by atoms with Crippen LogP contribution in [0.25, 0.3) is 11.0 Å². The summed E-state index contributed by atoms with van der Waals surface area (Å²) in [5.41, 5.74) is 4.77. The molecule has 0 bridgehead atoms. The standard InChI is InChI=1S/C28H33N3O5/c1-35-21-11-8-20(9-12-21)26-29-25-22-16-30(28(34)36-2)15-14-19(22)10-13-24(25)31(26)17-23(27(32)33)18-6-4-3-5-7-18/h3-7,10,13,20-21,23H,8-9,11-12,14-17H2,1-2H3,(H,32,33)/t20-,21-,23-/m1/s1. The Bertz CT molecular complexity index is 1250. The number of rotatable bonds is 6. The minimum absolute atomic E-state index is 0.227. The van der Waals surface area contributed by atoms with Crippen LogP contribution in [0.5, 0.6) is 0 Å². The van der Waals surface area contributed by atoms with Crippen molar-refractivity contribution in [2.75, 3.05) is 20.8 Å². The van der Waals surface area contributed by atoms with Crippen LogP contribution in [-0.2, 0) is 33.8 Å². The average molecular weight is 492 g/mol. The van der Waals surface area contributed by atoms with Gasteiger partial charge in [-0.25, -0.2) is 9.78 Å². The Kier molecular flexibility index (Phi) is 6.96. The van der Waals surface area contributed by atoms with Gasteiger partial charge in [-0.2, -0.15) is 0 Å². The number of imidazole rings is 1. The van der Waals surface area contributed by atoms with Gasteiger partial charge >= 0.3 is 12.1 Å². The maximum absolute atomic E-state index is 12.4. The molecule has 1 aromatic heterocycles. The Balaban J connectivity index is 1.60. The van der Waals surface area contributed by atoms with E-state index < -0.39 is 11.9 Å². The Morgan fingerprint density at radius 3 is 2.50 bits per heavy atom. The van der Waals surface area contributed by atoms with Crippen molar-refractivity contribution < 1.29 is 24.2 Å². The van der Waals surface area contributed by atoms with E-state index in [-0.39, 0.29) is 18.1 Å². The third kappa shape index (κ3) is 4.57. The molecule has 3 aromatic rings. The number of amides is 1. The smallest absolute Gasteiger partial charge is 0.409 e. The molecule has 5 rings (SSSR count). The molecule has 8 heteroatoms. The van der Waals surface area contributed by atoms with Gasteiger partial charge in [-0.05, 0) is 49.3 Å². The highest BCUT2D eigenvalue weighted by atomic mass is 16.5. The summed E-state index contributed by atoms with van der Waals surface area (Å²) in [5.74, 6) is -0.387. The molecule has 1 amide bonds. The van der Waals surface area contributed by atoms with Gasteiger partial charge in [0.1, 0.15) is 5.82 Å². The molecule has 2 aliphatic rings. The zero-order chi connectivity index (χ0) is 25.2. The number of hydrogen-bond donors (Lipinski definition) is 1. The first-order chi connectivity index (χ1) is 17.5. The predicted molar refractivity (Wildman–Crippen MR) is 135 cm³/mol. The van der Waals surface area contributed by atoms with Crippen molar-refractivity contribution in [3.8, 4) is 0 Å². The van der Waals surface area contributed by atoms with E-state index >= 15 is 0 Å². The average Bonchev–Trinajstić information content (AvgIpc) is 3.30. The topological polar surface area (TPSA) is 93.9 Å². The summed E-state index contributed by atoms with van der Waals surface area (Å²) < 4.78 is 12.7. The van der Waals surface area contributed by atoms with Gasteiger partial charge in [0, 0.05) is 31.7 Å². The van der Waals surface area contributed by atoms with Crippen molar-refractivity contribution in [3.05, 3.63) is 65.0 Å². The molecule has 1 aliphatic heterocycles. The van der Waals surface area contributed by atoms with Crippen LogP contribution in [0.15, 0.2) is 42.5 Å². The van der Waals surface area contributed by atoms with Crippen LogP contribution in [0.2, 0.25) is 0 Å². The van der Waals surface area contributed by atoms with Crippen LogP contribution in [0.1, 0.15) is 60.0 Å². The first-order valence-corrected chi connectivity index (χ1v) is 12.6. The number of aromatic nitrogens is 2. The number of fused-ring (bicyclic) bond motifs is 3. The van der Waals surface area contributed by atoms with Gasteiger partial charge in [0.2, 0.25) is 0 Å². The molecule has 0 radical (unpaired) electrons. The summed E-state index contributed by atoms with van der Waals surface area (Å²) in [7, 11) is 3.16. The zero-order valence-electron chi connectivity index (χ0n) is 20.9. The van der Waals surface area contributed by atoms with Crippen LogP contribution < -0.4 is 0 Å². The van der Waals surface area contributed by atoms with Crippen molar-refractivity contribution in [2.24, 2.45) is 0 Å². The lowest BCUT2D eigenvalue weighted by Crippen LogP contribution is -2.35. The van der Waals surface area contributed by atoms with Crippen molar-refractivity contribution >= 4 is 23.1 Å². The number of ether oxygens (including phenoxy) is 2. The number of carboxylic acid groups (broad SMARTS) is 1. The van der Waals surface area contributed by atoms with Crippen molar-refractivity contribution in [2.45, 2.75) is 63.1 Å². The van der Waals surface area contributed by atoms with Gasteiger partial charge in [-0.3, -0.25) is 4.79 Å². The fraction of sp³-hybridized carbons (Fsp3) is 0.464. The Morgan fingerprint density at radius 2 is 1.83 bits per heavy atom. The number of aliphatic carboxylic acids is 1. The second-order valence-corrected chi connectivity index (χ2v) is 9.80. The second-order valence-electron chi connectivity index (χ2n) is 9.80. The highest BCUT2D eigenvalue weighted by Gasteiger charge is 2.31. The van der Waals surface area contributed by atoms with Gasteiger partial charge in [0.25, 0.3) is 0 Å². The molecule has 2 heterocycles. The van der Waals surface area contributed by atoms with Crippen LogP contribution in [-0.4, -0.2) is 58.5 Å². The lowest BCUT2D eigenvalue weighted by Gasteiger charge is -2.28. The number of carbonyl (C=O) groups is 2.